The summed E-state index contributed by atoms with van der Waals surface area (Å²) in [6, 6.07) is 14.8. The Bertz CT molecular complexity index is 803. The summed E-state index contributed by atoms with van der Waals surface area (Å²) in [5.41, 5.74) is 2.39. The largest absolute Gasteiger partial charge is 0.375 e. The van der Waals surface area contributed by atoms with Gasteiger partial charge >= 0.3 is 0 Å². The quantitative estimate of drug-likeness (QED) is 0.613. The minimum absolute atomic E-state index is 0.254. The summed E-state index contributed by atoms with van der Waals surface area (Å²) in [5.74, 6) is -0.772. The molecule has 3 amide bonds. The minimum atomic E-state index is -0.263. The normalized spacial score (nSPS) is 10.1. The first-order valence-corrected chi connectivity index (χ1v) is 9.10. The zero-order chi connectivity index (χ0) is 20.5. The molecule has 7 heteroatoms. The van der Waals surface area contributed by atoms with Gasteiger partial charge in [-0.2, -0.15) is 0 Å². The molecule has 28 heavy (non-hydrogen) atoms. The summed E-state index contributed by atoms with van der Waals surface area (Å²) in [6.07, 6.45) is 0.779. The van der Waals surface area contributed by atoms with E-state index < -0.39 is 0 Å². The lowest BCUT2D eigenvalue weighted by Gasteiger charge is -2.19. The first kappa shape index (κ1) is 21.0. The molecule has 0 aliphatic carbocycles. The smallest absolute Gasteiger partial charge is 0.251 e. The van der Waals surface area contributed by atoms with Crippen molar-refractivity contribution in [2.24, 2.45) is 0 Å². The van der Waals surface area contributed by atoms with Gasteiger partial charge in [0.2, 0.25) is 11.8 Å². The molecule has 0 fully saturated rings. The Balaban J connectivity index is 1.94. The van der Waals surface area contributed by atoms with Crippen LogP contribution in [0.2, 0.25) is 0 Å². The molecule has 2 rings (SSSR count). The lowest BCUT2D eigenvalue weighted by Crippen LogP contribution is -2.28. The van der Waals surface area contributed by atoms with Crippen LogP contribution in [-0.4, -0.2) is 37.9 Å². The van der Waals surface area contributed by atoms with Crippen LogP contribution in [0.3, 0.4) is 0 Å². The zero-order valence-electron chi connectivity index (χ0n) is 16.4. The van der Waals surface area contributed by atoms with Crippen molar-refractivity contribution in [2.45, 2.75) is 20.3 Å². The average molecular weight is 382 g/mol. The van der Waals surface area contributed by atoms with Crippen molar-refractivity contribution < 1.29 is 14.4 Å². The summed E-state index contributed by atoms with van der Waals surface area (Å²) >= 11 is 0. The Morgan fingerprint density at radius 3 is 2.00 bits per heavy atom. The van der Waals surface area contributed by atoms with E-state index in [0.717, 1.165) is 18.7 Å². The van der Waals surface area contributed by atoms with Crippen LogP contribution >= 0.6 is 0 Å². The number of nitrogens with one attached hydrogen (secondary N) is 3. The second kappa shape index (κ2) is 10.1. The van der Waals surface area contributed by atoms with Crippen molar-refractivity contribution in [3.05, 3.63) is 54.1 Å². The highest BCUT2D eigenvalue weighted by molar-refractivity contribution is 5.99. The SMILES string of the molecule is CC(=O)Nc1cc(NC(C)=O)cc(C(=O)NCCCN(C)c2ccccc2)c1. The predicted molar refractivity (Wildman–Crippen MR) is 112 cm³/mol. The van der Waals surface area contributed by atoms with Gasteiger partial charge < -0.3 is 20.9 Å². The Morgan fingerprint density at radius 2 is 1.46 bits per heavy atom. The van der Waals surface area contributed by atoms with Crippen LogP contribution in [0.1, 0.15) is 30.6 Å². The van der Waals surface area contributed by atoms with E-state index in [0.29, 0.717) is 23.5 Å². The number of benzene rings is 2. The van der Waals surface area contributed by atoms with Crippen LogP contribution in [0.4, 0.5) is 17.1 Å². The highest BCUT2D eigenvalue weighted by atomic mass is 16.2. The Labute approximate surface area is 165 Å². The number of hydrogen-bond acceptors (Lipinski definition) is 4. The number of rotatable bonds is 8. The van der Waals surface area contributed by atoms with Gasteiger partial charge in [0.1, 0.15) is 0 Å². The fourth-order valence-corrected chi connectivity index (χ4v) is 2.74. The maximum atomic E-state index is 12.5. The fourth-order valence-electron chi connectivity index (χ4n) is 2.74. The number of hydrogen-bond donors (Lipinski definition) is 3. The molecule has 0 spiro atoms. The lowest BCUT2D eigenvalue weighted by atomic mass is 10.1. The second-order valence-corrected chi connectivity index (χ2v) is 6.53. The summed E-state index contributed by atoms with van der Waals surface area (Å²) in [6.45, 7) is 4.07. The van der Waals surface area contributed by atoms with E-state index in [1.165, 1.54) is 13.8 Å². The molecule has 0 unspecified atom stereocenters. The van der Waals surface area contributed by atoms with Crippen molar-refractivity contribution in [3.63, 3.8) is 0 Å². The zero-order valence-corrected chi connectivity index (χ0v) is 16.4. The Hall–Kier alpha value is -3.35. The first-order valence-electron chi connectivity index (χ1n) is 9.10. The molecular weight excluding hydrogens is 356 g/mol. The molecule has 0 atom stereocenters. The minimum Gasteiger partial charge on any atom is -0.375 e. The van der Waals surface area contributed by atoms with E-state index >= 15 is 0 Å². The molecule has 0 radical (unpaired) electrons. The van der Waals surface area contributed by atoms with E-state index in [1.807, 2.05) is 37.4 Å². The molecule has 0 aromatic heterocycles. The van der Waals surface area contributed by atoms with E-state index in [-0.39, 0.29) is 17.7 Å². The highest BCUT2D eigenvalue weighted by Crippen LogP contribution is 2.19. The van der Waals surface area contributed by atoms with Gasteiger partial charge in [0.05, 0.1) is 0 Å². The summed E-state index contributed by atoms with van der Waals surface area (Å²) in [7, 11) is 2.01. The van der Waals surface area contributed by atoms with Gasteiger partial charge in [0.25, 0.3) is 5.91 Å². The van der Waals surface area contributed by atoms with Crippen LogP contribution in [0.25, 0.3) is 0 Å². The van der Waals surface area contributed by atoms with Crippen molar-refractivity contribution in [1.29, 1.82) is 0 Å². The molecule has 0 aliphatic heterocycles. The van der Waals surface area contributed by atoms with E-state index in [9.17, 15) is 14.4 Å². The molecule has 7 nitrogen and oxygen atoms in total. The van der Waals surface area contributed by atoms with Gasteiger partial charge in [-0.3, -0.25) is 14.4 Å². The molecule has 0 saturated carbocycles. The van der Waals surface area contributed by atoms with Gasteiger partial charge in [0.15, 0.2) is 0 Å². The average Bonchev–Trinajstić information content (AvgIpc) is 2.64. The third-order valence-electron chi connectivity index (χ3n) is 3.99. The second-order valence-electron chi connectivity index (χ2n) is 6.53. The van der Waals surface area contributed by atoms with Crippen molar-refractivity contribution in [3.8, 4) is 0 Å². The van der Waals surface area contributed by atoms with Gasteiger partial charge in [-0.05, 0) is 36.8 Å². The molecule has 0 aliphatic rings. The van der Waals surface area contributed by atoms with E-state index in [2.05, 4.69) is 20.9 Å². The molecule has 3 N–H and O–H groups in total. The van der Waals surface area contributed by atoms with E-state index in [4.69, 9.17) is 0 Å². The summed E-state index contributed by atoms with van der Waals surface area (Å²) in [4.78, 5) is 37.2. The molecule has 2 aromatic carbocycles. The fraction of sp³-hybridized carbons (Fsp3) is 0.286. The molecule has 0 saturated heterocycles. The van der Waals surface area contributed by atoms with Gasteiger partial charge in [0, 0.05) is 56.6 Å². The standard InChI is InChI=1S/C21H26N4O3/c1-15(26)23-18-12-17(13-19(14-18)24-16(2)27)21(28)22-10-7-11-25(3)20-8-5-4-6-9-20/h4-6,8-9,12-14H,7,10-11H2,1-3H3,(H,22,28)(H,23,26)(H,24,27). The third kappa shape index (κ3) is 6.75. The number of amides is 3. The summed E-state index contributed by atoms with van der Waals surface area (Å²) < 4.78 is 0. The number of carbonyl (C=O) groups is 3. The van der Waals surface area contributed by atoms with Crippen LogP contribution in [0.5, 0.6) is 0 Å². The molecule has 0 bridgehead atoms. The lowest BCUT2D eigenvalue weighted by molar-refractivity contribution is -0.115. The maximum Gasteiger partial charge on any atom is 0.251 e. The predicted octanol–water partition coefficient (Wildman–Crippen LogP) is 2.86. The molecule has 0 heterocycles. The van der Waals surface area contributed by atoms with Crippen molar-refractivity contribution in [2.75, 3.05) is 35.7 Å². The summed E-state index contributed by atoms with van der Waals surface area (Å²) in [5, 5.41) is 8.15. The van der Waals surface area contributed by atoms with Crippen LogP contribution in [-0.2, 0) is 9.59 Å². The highest BCUT2D eigenvalue weighted by Gasteiger charge is 2.10. The number of nitrogens with zero attached hydrogens (tertiary/aromatic N) is 1. The maximum absolute atomic E-state index is 12.5. The molecule has 148 valence electrons. The van der Waals surface area contributed by atoms with Crippen LogP contribution in [0.15, 0.2) is 48.5 Å². The number of para-hydroxylation sites is 1. The van der Waals surface area contributed by atoms with Gasteiger partial charge in [-0.1, -0.05) is 18.2 Å². The van der Waals surface area contributed by atoms with E-state index in [1.54, 1.807) is 18.2 Å². The van der Waals surface area contributed by atoms with Crippen LogP contribution < -0.4 is 20.9 Å². The van der Waals surface area contributed by atoms with Crippen LogP contribution in [0, 0.1) is 0 Å². The topological polar surface area (TPSA) is 90.5 Å². The number of anilines is 3. The third-order valence-corrected chi connectivity index (χ3v) is 3.99. The molecular formula is C21H26N4O3. The molecule has 2 aromatic rings. The first-order chi connectivity index (χ1) is 13.3. The monoisotopic (exact) mass is 382 g/mol. The number of carbonyl (C=O) groups excluding carboxylic acids is 3. The van der Waals surface area contributed by atoms with Crippen molar-refractivity contribution >= 4 is 34.8 Å². The van der Waals surface area contributed by atoms with Gasteiger partial charge in [-0.25, -0.2) is 0 Å². The van der Waals surface area contributed by atoms with Crippen molar-refractivity contribution in [1.82, 2.24) is 5.32 Å². The van der Waals surface area contributed by atoms with Gasteiger partial charge in [-0.15, -0.1) is 0 Å². The Morgan fingerprint density at radius 1 is 0.893 bits per heavy atom. The Kier molecular flexibility index (Phi) is 7.56.